The van der Waals surface area contributed by atoms with Crippen molar-refractivity contribution in [1.82, 2.24) is 25.0 Å². The summed E-state index contributed by atoms with van der Waals surface area (Å²) in [6, 6.07) is 2.22. The van der Waals surface area contributed by atoms with Gasteiger partial charge in [0, 0.05) is 50.2 Å². The number of carbonyl (C=O) groups is 1. The van der Waals surface area contributed by atoms with Crippen LogP contribution in [0.3, 0.4) is 0 Å². The van der Waals surface area contributed by atoms with Crippen molar-refractivity contribution in [3.63, 3.8) is 0 Å². The van der Waals surface area contributed by atoms with E-state index in [2.05, 4.69) is 33.7 Å². The Bertz CT molecular complexity index is 1070. The number of amides is 1. The van der Waals surface area contributed by atoms with Gasteiger partial charge in [-0.15, -0.1) is 16.4 Å². The van der Waals surface area contributed by atoms with Gasteiger partial charge in [-0.05, 0) is 54.8 Å². The van der Waals surface area contributed by atoms with Crippen LogP contribution in [0.4, 0.5) is 0 Å². The number of methoxy groups -OCH3 is 1. The molecule has 0 unspecified atom stereocenters. The minimum Gasteiger partial charge on any atom is -0.479 e. The number of aromatic nitrogens is 3. The first-order chi connectivity index (χ1) is 14.5. The maximum Gasteiger partial charge on any atom is 0.242 e. The van der Waals surface area contributed by atoms with Crippen molar-refractivity contribution in [2.45, 2.75) is 39.7 Å². The molecule has 0 aromatic carbocycles. The van der Waals surface area contributed by atoms with Gasteiger partial charge in [0.2, 0.25) is 11.8 Å². The third-order valence-electron chi connectivity index (χ3n) is 5.96. The van der Waals surface area contributed by atoms with Crippen LogP contribution < -0.4 is 10.1 Å². The monoisotopic (exact) mass is 427 g/mol. The van der Waals surface area contributed by atoms with Crippen molar-refractivity contribution in [2.24, 2.45) is 7.05 Å². The number of aryl methyl sites for hydroxylation is 3. The van der Waals surface area contributed by atoms with Gasteiger partial charge >= 0.3 is 0 Å². The second-order valence-electron chi connectivity index (χ2n) is 7.88. The van der Waals surface area contributed by atoms with Crippen molar-refractivity contribution >= 4 is 28.3 Å². The lowest BCUT2D eigenvalue weighted by Gasteiger charge is -2.26. The number of thiophene rings is 1. The van der Waals surface area contributed by atoms with Gasteiger partial charge in [-0.2, -0.15) is 0 Å². The fourth-order valence-electron chi connectivity index (χ4n) is 4.29. The molecule has 1 aliphatic rings. The molecule has 8 heteroatoms. The number of hydrogen-bond acceptors (Lipinski definition) is 6. The van der Waals surface area contributed by atoms with Crippen LogP contribution in [-0.2, 0) is 31.2 Å². The van der Waals surface area contributed by atoms with Crippen molar-refractivity contribution in [1.29, 1.82) is 0 Å². The lowest BCUT2D eigenvalue weighted by atomic mass is 10.00. The molecule has 30 heavy (non-hydrogen) atoms. The number of carbonyl (C=O) groups excluding carboxylic acids is 1. The molecule has 0 atom stereocenters. The topological polar surface area (TPSA) is 72.3 Å². The summed E-state index contributed by atoms with van der Waals surface area (Å²) >= 11 is 1.85. The van der Waals surface area contributed by atoms with Crippen molar-refractivity contribution in [3.05, 3.63) is 38.7 Å². The van der Waals surface area contributed by atoms with E-state index in [9.17, 15) is 4.79 Å². The number of rotatable bonds is 7. The molecule has 3 aromatic heterocycles. The van der Waals surface area contributed by atoms with Crippen LogP contribution in [0, 0.1) is 13.8 Å². The quantitative estimate of drug-likeness (QED) is 0.628. The van der Waals surface area contributed by atoms with Crippen LogP contribution in [0.2, 0.25) is 0 Å². The molecule has 0 radical (unpaired) electrons. The van der Waals surface area contributed by atoms with E-state index >= 15 is 0 Å². The third kappa shape index (κ3) is 4.06. The van der Waals surface area contributed by atoms with Crippen molar-refractivity contribution < 1.29 is 9.53 Å². The smallest absolute Gasteiger partial charge is 0.242 e. The van der Waals surface area contributed by atoms with Gasteiger partial charge in [0.15, 0.2) is 5.65 Å². The number of ether oxygens (including phenoxy) is 1. The molecule has 0 saturated heterocycles. The van der Waals surface area contributed by atoms with Gasteiger partial charge in [0.25, 0.3) is 0 Å². The second kappa shape index (κ2) is 8.73. The highest BCUT2D eigenvalue weighted by Crippen LogP contribution is 2.30. The van der Waals surface area contributed by atoms with E-state index in [1.165, 1.54) is 10.4 Å². The molecule has 1 N–H and O–H groups in total. The van der Waals surface area contributed by atoms with E-state index < -0.39 is 0 Å². The van der Waals surface area contributed by atoms with Crippen LogP contribution in [0.5, 0.6) is 5.88 Å². The van der Waals surface area contributed by atoms with Gasteiger partial charge in [0.05, 0.1) is 12.5 Å². The minimum absolute atomic E-state index is 0.0836. The van der Waals surface area contributed by atoms with E-state index in [0.717, 1.165) is 53.9 Å². The van der Waals surface area contributed by atoms with Crippen molar-refractivity contribution in [2.75, 3.05) is 26.7 Å². The Kier molecular flexibility index (Phi) is 6.06. The van der Waals surface area contributed by atoms with Gasteiger partial charge in [-0.3, -0.25) is 9.69 Å². The Morgan fingerprint density at radius 2 is 2.20 bits per heavy atom. The number of fused-ring (bicyclic) bond motifs is 2. The lowest BCUT2D eigenvalue weighted by Crippen LogP contribution is -2.37. The van der Waals surface area contributed by atoms with Crippen LogP contribution in [-0.4, -0.2) is 52.3 Å². The van der Waals surface area contributed by atoms with E-state index in [-0.39, 0.29) is 5.91 Å². The molecule has 0 fully saturated rings. The highest BCUT2D eigenvalue weighted by Gasteiger charge is 2.19. The summed E-state index contributed by atoms with van der Waals surface area (Å²) in [5.41, 5.74) is 5.39. The second-order valence-corrected chi connectivity index (χ2v) is 8.88. The maximum atomic E-state index is 12.4. The Morgan fingerprint density at radius 1 is 1.37 bits per heavy atom. The van der Waals surface area contributed by atoms with E-state index in [1.54, 1.807) is 11.8 Å². The average molecular weight is 428 g/mol. The fourth-order valence-corrected chi connectivity index (χ4v) is 5.18. The summed E-state index contributed by atoms with van der Waals surface area (Å²) < 4.78 is 7.16. The minimum atomic E-state index is 0.0836. The van der Waals surface area contributed by atoms with Crippen molar-refractivity contribution in [3.8, 4) is 5.88 Å². The molecule has 7 nitrogen and oxygen atoms in total. The Balaban J connectivity index is 1.32. The molecule has 0 bridgehead atoms. The predicted octanol–water partition coefficient (Wildman–Crippen LogP) is 2.76. The fraction of sp³-hybridized carbons (Fsp3) is 0.500. The molecule has 1 aliphatic heterocycles. The van der Waals surface area contributed by atoms with E-state index in [4.69, 9.17) is 9.72 Å². The first-order valence-electron chi connectivity index (χ1n) is 10.4. The molecular weight excluding hydrogens is 398 g/mol. The molecule has 4 heterocycles. The molecule has 1 amide bonds. The number of pyridine rings is 1. The van der Waals surface area contributed by atoms with Gasteiger partial charge in [-0.1, -0.05) is 0 Å². The average Bonchev–Trinajstić information content (AvgIpc) is 3.31. The SMILES string of the molecule is COc1nn(C)c2nc(C)c(CCC(=O)NCCN3CCc4sccc4C3)c(C)c12. The highest BCUT2D eigenvalue weighted by atomic mass is 32.1. The predicted molar refractivity (Wildman–Crippen MR) is 119 cm³/mol. The first-order valence-corrected chi connectivity index (χ1v) is 11.3. The number of nitrogens with one attached hydrogen (secondary N) is 1. The van der Waals surface area contributed by atoms with Crippen LogP contribution >= 0.6 is 11.3 Å². The number of nitrogens with zero attached hydrogens (tertiary/aromatic N) is 4. The Morgan fingerprint density at radius 3 is 3.00 bits per heavy atom. The summed E-state index contributed by atoms with van der Waals surface area (Å²) in [6.45, 7) is 7.69. The van der Waals surface area contributed by atoms with E-state index in [1.807, 2.05) is 25.3 Å². The molecule has 4 rings (SSSR count). The highest BCUT2D eigenvalue weighted by molar-refractivity contribution is 7.10. The third-order valence-corrected chi connectivity index (χ3v) is 6.98. The molecule has 160 valence electrons. The summed E-state index contributed by atoms with van der Waals surface area (Å²) in [5.74, 6) is 0.666. The van der Waals surface area contributed by atoms with Crippen LogP contribution in [0.1, 0.15) is 33.7 Å². The summed E-state index contributed by atoms with van der Waals surface area (Å²) in [6.07, 6.45) is 2.23. The van der Waals surface area contributed by atoms with Gasteiger partial charge in [-0.25, -0.2) is 9.67 Å². The maximum absolute atomic E-state index is 12.4. The van der Waals surface area contributed by atoms with Crippen LogP contribution in [0.15, 0.2) is 11.4 Å². The molecule has 3 aromatic rings. The first kappa shape index (κ1) is 20.8. The normalized spacial score (nSPS) is 14.1. The summed E-state index contributed by atoms with van der Waals surface area (Å²) in [7, 11) is 3.49. The van der Waals surface area contributed by atoms with Crippen LogP contribution in [0.25, 0.3) is 11.0 Å². The largest absolute Gasteiger partial charge is 0.479 e. The zero-order chi connectivity index (χ0) is 21.3. The molecule has 0 saturated carbocycles. The van der Waals surface area contributed by atoms with Gasteiger partial charge in [0.1, 0.15) is 0 Å². The molecule has 0 spiro atoms. The summed E-state index contributed by atoms with van der Waals surface area (Å²) in [4.78, 5) is 21.1. The zero-order valence-corrected chi connectivity index (χ0v) is 18.9. The summed E-state index contributed by atoms with van der Waals surface area (Å²) in [5, 5.41) is 10.6. The number of hydrogen-bond donors (Lipinski definition) is 1. The zero-order valence-electron chi connectivity index (χ0n) is 18.1. The Hall–Kier alpha value is -2.45. The molecule has 0 aliphatic carbocycles. The lowest BCUT2D eigenvalue weighted by molar-refractivity contribution is -0.121. The van der Waals surface area contributed by atoms with Gasteiger partial charge < -0.3 is 10.1 Å². The van der Waals surface area contributed by atoms with E-state index in [0.29, 0.717) is 25.3 Å². The standard InChI is InChI=1S/C22H29N5O2S/c1-14-17(15(2)24-21-20(14)22(29-4)25-26(21)3)5-6-19(28)23-9-11-27-10-7-18-16(13-27)8-12-30-18/h8,12H,5-7,9-11,13H2,1-4H3,(H,23,28). The molecular formula is C22H29N5O2S. The Labute approximate surface area is 181 Å².